The van der Waals surface area contributed by atoms with E-state index in [1.54, 1.807) is 11.8 Å². The number of benzene rings is 1. The minimum atomic E-state index is -0.167. The van der Waals surface area contributed by atoms with Gasteiger partial charge in [0.05, 0.1) is 6.61 Å². The smallest absolute Gasteiger partial charge is 0.0522 e. The summed E-state index contributed by atoms with van der Waals surface area (Å²) in [7, 11) is 0. The summed E-state index contributed by atoms with van der Waals surface area (Å²) in [4.78, 5) is 1.22. The van der Waals surface area contributed by atoms with E-state index in [4.69, 9.17) is 0 Å². The van der Waals surface area contributed by atoms with Crippen molar-refractivity contribution in [1.82, 2.24) is 0 Å². The topological polar surface area (TPSA) is 20.2 Å². The molecule has 0 saturated heterocycles. The van der Waals surface area contributed by atoms with Gasteiger partial charge in [-0.25, -0.2) is 0 Å². The van der Waals surface area contributed by atoms with E-state index in [9.17, 15) is 5.11 Å². The molecule has 1 rings (SSSR count). The average molecular weight is 275 g/mol. The van der Waals surface area contributed by atoms with Gasteiger partial charge in [0.2, 0.25) is 0 Å². The van der Waals surface area contributed by atoms with Crippen LogP contribution in [0.1, 0.15) is 19.4 Å². The van der Waals surface area contributed by atoms with Crippen molar-refractivity contribution in [1.29, 1.82) is 0 Å². The summed E-state index contributed by atoms with van der Waals surface area (Å²) in [5.41, 5.74) is 0.990. The first-order valence-corrected chi connectivity index (χ1v) is 6.48. The fourth-order valence-corrected chi connectivity index (χ4v) is 2.50. The largest absolute Gasteiger partial charge is 0.395 e. The minimum absolute atomic E-state index is 0.165. The number of thioether (sulfide) groups is 1. The highest BCUT2D eigenvalue weighted by Crippen LogP contribution is 2.31. The van der Waals surface area contributed by atoms with Crippen LogP contribution >= 0.6 is 27.7 Å². The Morgan fingerprint density at radius 2 is 2.07 bits per heavy atom. The van der Waals surface area contributed by atoms with E-state index in [2.05, 4.69) is 40.4 Å². The Kier molecular flexibility index (Phi) is 4.04. The van der Waals surface area contributed by atoms with Crippen molar-refractivity contribution in [3.8, 4) is 0 Å². The molecule has 0 aromatic heterocycles. The molecule has 0 atom stereocenters. The summed E-state index contributed by atoms with van der Waals surface area (Å²) in [6.07, 6.45) is 2.05. The van der Waals surface area contributed by atoms with Crippen LogP contribution < -0.4 is 0 Å². The first kappa shape index (κ1) is 12.1. The van der Waals surface area contributed by atoms with Gasteiger partial charge < -0.3 is 5.11 Å². The Balaban J connectivity index is 3.08. The second-order valence-corrected chi connectivity index (χ2v) is 5.59. The standard InChI is InChI=1S/C11H15BrOS/c1-11(2,7-13)8-4-5-10(14-3)9(12)6-8/h4-6,13H,7H2,1-3H3. The molecule has 1 nitrogen and oxygen atoms in total. The average Bonchev–Trinajstić information content (AvgIpc) is 2.17. The number of aliphatic hydroxyl groups is 1. The van der Waals surface area contributed by atoms with Crippen LogP contribution in [0.15, 0.2) is 27.6 Å². The molecule has 0 bridgehead atoms. The Morgan fingerprint density at radius 3 is 2.50 bits per heavy atom. The lowest BCUT2D eigenvalue weighted by molar-refractivity contribution is 0.218. The first-order chi connectivity index (χ1) is 6.51. The Bertz CT molecular complexity index is 323. The van der Waals surface area contributed by atoms with E-state index in [1.807, 2.05) is 13.8 Å². The van der Waals surface area contributed by atoms with Crippen LogP contribution in [0.4, 0.5) is 0 Å². The maximum Gasteiger partial charge on any atom is 0.0522 e. The molecule has 0 spiro atoms. The Labute approximate surface area is 98.0 Å². The molecule has 0 amide bonds. The monoisotopic (exact) mass is 274 g/mol. The van der Waals surface area contributed by atoms with E-state index in [0.717, 1.165) is 10.0 Å². The zero-order valence-corrected chi connectivity index (χ0v) is 11.1. The normalized spacial score (nSPS) is 11.8. The third kappa shape index (κ3) is 2.53. The van der Waals surface area contributed by atoms with Crippen molar-refractivity contribution >= 4 is 27.7 Å². The Hall–Kier alpha value is 0.01000. The molecule has 0 saturated carbocycles. The van der Waals surface area contributed by atoms with Crippen LogP contribution in [0.3, 0.4) is 0 Å². The third-order valence-electron chi connectivity index (χ3n) is 2.33. The van der Waals surface area contributed by atoms with Crippen LogP contribution in [0.2, 0.25) is 0 Å². The summed E-state index contributed by atoms with van der Waals surface area (Å²) in [6.45, 7) is 4.24. The maximum atomic E-state index is 9.24. The highest BCUT2D eigenvalue weighted by molar-refractivity contribution is 9.10. The van der Waals surface area contributed by atoms with Crippen molar-refractivity contribution in [3.05, 3.63) is 28.2 Å². The highest BCUT2D eigenvalue weighted by atomic mass is 79.9. The number of aliphatic hydroxyl groups excluding tert-OH is 1. The van der Waals surface area contributed by atoms with Gasteiger partial charge in [0, 0.05) is 14.8 Å². The van der Waals surface area contributed by atoms with Crippen molar-refractivity contribution in [2.45, 2.75) is 24.2 Å². The SMILES string of the molecule is CSc1ccc(C(C)(C)CO)cc1Br. The zero-order chi connectivity index (χ0) is 10.8. The molecule has 0 fully saturated rings. The molecule has 0 radical (unpaired) electrons. The van der Waals surface area contributed by atoms with Gasteiger partial charge in [0.15, 0.2) is 0 Å². The van der Waals surface area contributed by atoms with Crippen LogP contribution in [-0.2, 0) is 5.41 Å². The lowest BCUT2D eigenvalue weighted by Crippen LogP contribution is -2.21. The molecular formula is C11H15BrOS. The predicted octanol–water partition coefficient (Wildman–Crippen LogP) is 3.44. The lowest BCUT2D eigenvalue weighted by atomic mass is 9.86. The van der Waals surface area contributed by atoms with Gasteiger partial charge in [-0.15, -0.1) is 11.8 Å². The molecule has 0 aliphatic rings. The molecule has 0 aliphatic heterocycles. The third-order valence-corrected chi connectivity index (χ3v) is 4.04. The summed E-state index contributed by atoms with van der Waals surface area (Å²) >= 11 is 5.24. The molecule has 1 N–H and O–H groups in total. The number of hydrogen-bond acceptors (Lipinski definition) is 2. The molecule has 1 aromatic carbocycles. The van der Waals surface area contributed by atoms with Gasteiger partial charge in [-0.05, 0) is 39.9 Å². The van der Waals surface area contributed by atoms with Gasteiger partial charge in [-0.3, -0.25) is 0 Å². The van der Waals surface area contributed by atoms with Gasteiger partial charge in [-0.2, -0.15) is 0 Å². The van der Waals surface area contributed by atoms with Crippen LogP contribution in [0.5, 0.6) is 0 Å². The van der Waals surface area contributed by atoms with Gasteiger partial charge in [0.1, 0.15) is 0 Å². The van der Waals surface area contributed by atoms with Gasteiger partial charge in [-0.1, -0.05) is 19.9 Å². The van der Waals surface area contributed by atoms with Crippen LogP contribution in [0.25, 0.3) is 0 Å². The summed E-state index contributed by atoms with van der Waals surface area (Å²) in [5, 5.41) is 9.24. The number of halogens is 1. The second kappa shape index (κ2) is 4.69. The number of rotatable bonds is 3. The summed E-state index contributed by atoms with van der Waals surface area (Å²) < 4.78 is 1.10. The molecule has 1 aromatic rings. The number of hydrogen-bond donors (Lipinski definition) is 1. The fourth-order valence-electron chi connectivity index (χ4n) is 1.18. The van der Waals surface area contributed by atoms with E-state index in [1.165, 1.54) is 4.90 Å². The van der Waals surface area contributed by atoms with E-state index < -0.39 is 0 Å². The lowest BCUT2D eigenvalue weighted by Gasteiger charge is -2.22. The predicted molar refractivity (Wildman–Crippen MR) is 66.0 cm³/mol. The molecule has 78 valence electrons. The van der Waals surface area contributed by atoms with Crippen molar-refractivity contribution in [3.63, 3.8) is 0 Å². The molecular weight excluding hydrogens is 260 g/mol. The van der Waals surface area contributed by atoms with Crippen molar-refractivity contribution in [2.75, 3.05) is 12.9 Å². The highest BCUT2D eigenvalue weighted by Gasteiger charge is 2.19. The summed E-state index contributed by atoms with van der Waals surface area (Å²) in [6, 6.07) is 6.25. The molecule has 3 heteroatoms. The van der Waals surface area contributed by atoms with Crippen LogP contribution in [-0.4, -0.2) is 18.0 Å². The minimum Gasteiger partial charge on any atom is -0.395 e. The maximum absolute atomic E-state index is 9.24. The van der Waals surface area contributed by atoms with Gasteiger partial charge >= 0.3 is 0 Å². The quantitative estimate of drug-likeness (QED) is 0.853. The fraction of sp³-hybridized carbons (Fsp3) is 0.455. The van der Waals surface area contributed by atoms with Crippen molar-refractivity contribution < 1.29 is 5.11 Å². The second-order valence-electron chi connectivity index (χ2n) is 3.89. The molecule has 14 heavy (non-hydrogen) atoms. The molecule has 0 heterocycles. The zero-order valence-electron chi connectivity index (χ0n) is 8.67. The van der Waals surface area contributed by atoms with E-state index in [-0.39, 0.29) is 12.0 Å². The Morgan fingerprint density at radius 1 is 1.43 bits per heavy atom. The summed E-state index contributed by atoms with van der Waals surface area (Å²) in [5.74, 6) is 0. The van der Waals surface area contributed by atoms with E-state index >= 15 is 0 Å². The van der Waals surface area contributed by atoms with E-state index in [0.29, 0.717) is 0 Å². The van der Waals surface area contributed by atoms with Crippen molar-refractivity contribution in [2.24, 2.45) is 0 Å². The molecule has 0 unspecified atom stereocenters. The van der Waals surface area contributed by atoms with Gasteiger partial charge in [0.25, 0.3) is 0 Å². The first-order valence-electron chi connectivity index (χ1n) is 4.46. The molecule has 0 aliphatic carbocycles. The van der Waals surface area contributed by atoms with Crippen LogP contribution in [0, 0.1) is 0 Å².